The number of allylic oxidation sites excluding steroid dienone is 4. The van der Waals surface area contributed by atoms with Crippen LogP contribution >= 0.6 is 0 Å². The summed E-state index contributed by atoms with van der Waals surface area (Å²) in [5.41, 5.74) is 6.17. The topological polar surface area (TPSA) is 21.3 Å². The number of hydroxylamine groups is 1. The van der Waals surface area contributed by atoms with E-state index in [1.54, 1.807) is 7.11 Å². The molecule has 0 aromatic rings. The number of rotatable bonds is 3. The molecule has 1 aliphatic rings. The van der Waals surface area contributed by atoms with Crippen molar-refractivity contribution < 1.29 is 4.84 Å². The summed E-state index contributed by atoms with van der Waals surface area (Å²) in [6, 6.07) is 0. The van der Waals surface area contributed by atoms with E-state index in [1.165, 1.54) is 17.7 Å². The van der Waals surface area contributed by atoms with E-state index in [-0.39, 0.29) is 0 Å². The Balaban J connectivity index is 2.69. The highest BCUT2D eigenvalue weighted by Gasteiger charge is 2.11. The van der Waals surface area contributed by atoms with E-state index in [4.69, 9.17) is 12.7 Å². The highest BCUT2D eigenvalue weighted by Crippen LogP contribution is 2.25. The lowest BCUT2D eigenvalue weighted by atomic mass is 9.95. The van der Waals surface area contributed by atoms with Gasteiger partial charge in [-0.3, -0.25) is 10.3 Å². The van der Waals surface area contributed by atoms with Gasteiger partial charge in [-0.1, -0.05) is 13.0 Å². The molecule has 0 heterocycles. The van der Waals surface area contributed by atoms with Crippen LogP contribution in [0, 0.1) is 0 Å². The molecule has 0 aromatic carbocycles. The molecule has 0 atom stereocenters. The van der Waals surface area contributed by atoms with Crippen molar-refractivity contribution >= 4 is 7.85 Å². The van der Waals surface area contributed by atoms with Crippen LogP contribution in [0.5, 0.6) is 0 Å². The Hall–Kier alpha value is -0.695. The van der Waals surface area contributed by atoms with Crippen molar-refractivity contribution in [3.63, 3.8) is 0 Å². The maximum atomic E-state index is 5.59. The van der Waals surface area contributed by atoms with E-state index >= 15 is 0 Å². The molecule has 64 valence electrons. The Morgan fingerprint density at radius 1 is 1.58 bits per heavy atom. The van der Waals surface area contributed by atoms with Gasteiger partial charge in [-0.25, -0.2) is 0 Å². The Labute approximate surface area is 75.0 Å². The van der Waals surface area contributed by atoms with E-state index in [0.717, 1.165) is 18.3 Å². The first-order valence-corrected chi connectivity index (χ1v) is 4.19. The smallest absolute Gasteiger partial charge is 0.107 e. The van der Waals surface area contributed by atoms with Gasteiger partial charge in [0, 0.05) is 5.70 Å². The Morgan fingerprint density at radius 2 is 2.33 bits per heavy atom. The zero-order chi connectivity index (χ0) is 8.97. The van der Waals surface area contributed by atoms with E-state index < -0.39 is 0 Å². The fourth-order valence-electron chi connectivity index (χ4n) is 1.44. The maximum Gasteiger partial charge on any atom is 0.107 e. The predicted molar refractivity (Wildman–Crippen MR) is 50.5 cm³/mol. The third-order valence-corrected chi connectivity index (χ3v) is 1.89. The van der Waals surface area contributed by atoms with Gasteiger partial charge < -0.3 is 0 Å². The first-order chi connectivity index (χ1) is 5.74. The van der Waals surface area contributed by atoms with Crippen LogP contribution < -0.4 is 5.48 Å². The van der Waals surface area contributed by atoms with E-state index in [0.29, 0.717) is 0 Å². The molecule has 0 unspecified atom stereocenters. The first-order valence-electron chi connectivity index (χ1n) is 4.19. The summed E-state index contributed by atoms with van der Waals surface area (Å²) in [4.78, 5) is 4.86. The van der Waals surface area contributed by atoms with Crippen LogP contribution in [-0.2, 0) is 4.84 Å². The van der Waals surface area contributed by atoms with Gasteiger partial charge in [0.2, 0.25) is 0 Å². The van der Waals surface area contributed by atoms with Crippen molar-refractivity contribution in [1.29, 1.82) is 0 Å². The van der Waals surface area contributed by atoms with Crippen LogP contribution in [0.4, 0.5) is 0 Å². The lowest BCUT2D eigenvalue weighted by molar-refractivity contribution is 0.115. The average Bonchev–Trinajstić information content (AvgIpc) is 2.37. The van der Waals surface area contributed by atoms with Gasteiger partial charge in [0.1, 0.15) is 7.85 Å². The summed E-state index contributed by atoms with van der Waals surface area (Å²) in [6.45, 7) is 1.90. The number of hydrogen-bond donors (Lipinski definition) is 1. The zero-order valence-electron chi connectivity index (χ0n) is 7.68. The van der Waals surface area contributed by atoms with Crippen molar-refractivity contribution in [2.24, 2.45) is 0 Å². The number of hydrogen-bond acceptors (Lipinski definition) is 2. The summed E-state index contributed by atoms with van der Waals surface area (Å²) >= 11 is 0. The van der Waals surface area contributed by atoms with Crippen LogP contribution in [0.2, 0.25) is 0 Å². The van der Waals surface area contributed by atoms with Crippen LogP contribution in [-0.4, -0.2) is 15.0 Å². The van der Waals surface area contributed by atoms with Crippen molar-refractivity contribution in [2.45, 2.75) is 26.2 Å². The van der Waals surface area contributed by atoms with Gasteiger partial charge in [0.05, 0.1) is 7.11 Å². The molecule has 0 fully saturated rings. The third-order valence-electron chi connectivity index (χ3n) is 1.89. The van der Waals surface area contributed by atoms with E-state index in [2.05, 4.69) is 5.48 Å². The molecule has 0 saturated carbocycles. The molecule has 3 heteroatoms. The Bertz CT molecular complexity index is 217. The van der Waals surface area contributed by atoms with Gasteiger partial charge >= 0.3 is 0 Å². The van der Waals surface area contributed by atoms with Gasteiger partial charge in [0.25, 0.3) is 0 Å². The molecular weight excluding hydrogens is 149 g/mol. The van der Waals surface area contributed by atoms with Crippen LogP contribution in [0.1, 0.15) is 26.2 Å². The second-order valence-corrected chi connectivity index (χ2v) is 3.05. The summed E-state index contributed by atoms with van der Waals surface area (Å²) in [7, 11) is 7.22. The Kier molecular flexibility index (Phi) is 3.41. The van der Waals surface area contributed by atoms with Crippen molar-refractivity contribution in [1.82, 2.24) is 5.48 Å². The largest absolute Gasteiger partial charge is 0.280 e. The fraction of sp³-hybridized carbons (Fsp3) is 0.556. The maximum absolute atomic E-state index is 5.59. The third kappa shape index (κ3) is 2.41. The van der Waals surface area contributed by atoms with Crippen molar-refractivity contribution in [2.75, 3.05) is 7.11 Å². The molecule has 2 nitrogen and oxygen atoms in total. The van der Waals surface area contributed by atoms with Gasteiger partial charge in [-0.05, 0) is 24.8 Å². The minimum atomic E-state index is 0.849. The molecule has 12 heavy (non-hydrogen) atoms. The van der Waals surface area contributed by atoms with E-state index in [1.807, 2.05) is 13.0 Å². The highest BCUT2D eigenvalue weighted by molar-refractivity contribution is 6.21. The fourth-order valence-corrected chi connectivity index (χ4v) is 1.44. The highest BCUT2D eigenvalue weighted by atomic mass is 16.6. The van der Waals surface area contributed by atoms with Gasteiger partial charge in [-0.2, -0.15) is 0 Å². The SMILES string of the molecule is [B]/C(C)=C/C1=C(NOC)CCC1. The standard InChI is InChI=1S/C9H14BNO/c1-7(10)6-8-4-3-5-9(8)11-12-2/h6,11H,3-5H2,1-2H3/b7-6+. The lowest BCUT2D eigenvalue weighted by Crippen LogP contribution is -2.10. The molecule has 0 spiro atoms. The summed E-state index contributed by atoms with van der Waals surface area (Å²) < 4.78 is 0. The second-order valence-electron chi connectivity index (χ2n) is 3.05. The zero-order valence-corrected chi connectivity index (χ0v) is 7.68. The normalized spacial score (nSPS) is 18.7. The molecule has 0 aliphatic heterocycles. The minimum Gasteiger partial charge on any atom is -0.280 e. The van der Waals surface area contributed by atoms with Crippen LogP contribution in [0.25, 0.3) is 0 Å². The van der Waals surface area contributed by atoms with Crippen LogP contribution in [0.3, 0.4) is 0 Å². The van der Waals surface area contributed by atoms with E-state index in [9.17, 15) is 0 Å². The second kappa shape index (κ2) is 4.36. The quantitative estimate of drug-likeness (QED) is 0.504. The average molecular weight is 163 g/mol. The molecular formula is C9H14BNO. The summed E-state index contributed by atoms with van der Waals surface area (Å²) in [5, 5.41) is 0. The van der Waals surface area contributed by atoms with Crippen molar-refractivity contribution in [3.05, 3.63) is 22.8 Å². The first kappa shape index (κ1) is 9.39. The molecule has 0 amide bonds. The minimum absolute atomic E-state index is 0.849. The molecule has 2 radical (unpaired) electrons. The summed E-state index contributed by atoms with van der Waals surface area (Å²) in [5.74, 6) is 0. The molecule has 0 saturated heterocycles. The molecule has 1 aliphatic carbocycles. The van der Waals surface area contributed by atoms with Crippen LogP contribution in [0.15, 0.2) is 22.8 Å². The number of nitrogens with one attached hydrogen (secondary N) is 1. The lowest BCUT2D eigenvalue weighted by Gasteiger charge is -2.05. The molecule has 0 bridgehead atoms. The summed E-state index contributed by atoms with van der Waals surface area (Å²) in [6.07, 6.45) is 5.35. The predicted octanol–water partition coefficient (Wildman–Crippen LogP) is 1.65. The van der Waals surface area contributed by atoms with Crippen molar-refractivity contribution in [3.8, 4) is 0 Å². The molecule has 1 N–H and O–H groups in total. The monoisotopic (exact) mass is 163 g/mol. The molecule has 1 rings (SSSR count). The molecule has 0 aromatic heterocycles. The Morgan fingerprint density at radius 3 is 2.92 bits per heavy atom. The van der Waals surface area contributed by atoms with Gasteiger partial charge in [0.15, 0.2) is 0 Å². The van der Waals surface area contributed by atoms with Gasteiger partial charge in [-0.15, -0.1) is 5.47 Å².